The van der Waals surface area contributed by atoms with E-state index in [4.69, 9.17) is 0 Å². The highest BCUT2D eigenvalue weighted by Crippen LogP contribution is 2.27. The molecule has 0 saturated heterocycles. The molecule has 1 heterocycles. The van der Waals surface area contributed by atoms with Gasteiger partial charge in [0.1, 0.15) is 0 Å². The Morgan fingerprint density at radius 3 is 2.88 bits per heavy atom. The summed E-state index contributed by atoms with van der Waals surface area (Å²) in [7, 11) is 0. The smallest absolute Gasteiger partial charge is 0.271 e. The summed E-state index contributed by atoms with van der Waals surface area (Å²) in [4.78, 5) is 10.3. The Morgan fingerprint density at radius 2 is 2.24 bits per heavy atom. The van der Waals surface area contributed by atoms with Crippen molar-refractivity contribution in [1.29, 1.82) is 0 Å². The van der Waals surface area contributed by atoms with Gasteiger partial charge in [-0.2, -0.15) is 11.3 Å². The fraction of sp³-hybridized carbons (Fsp3) is 0.0909. The topological polar surface area (TPSA) is 55.2 Å². The maximum absolute atomic E-state index is 10.7. The molecule has 0 fully saturated rings. The Bertz CT molecular complexity index is 528. The molecule has 6 heteroatoms. The Labute approximate surface area is 111 Å². The van der Waals surface area contributed by atoms with Gasteiger partial charge in [-0.3, -0.25) is 10.1 Å². The third kappa shape index (κ3) is 3.04. The Hall–Kier alpha value is -1.40. The number of non-ortho nitro benzene ring substituents is 1. The Kier molecular flexibility index (Phi) is 3.75. The highest BCUT2D eigenvalue weighted by Gasteiger charge is 2.09. The van der Waals surface area contributed by atoms with Crippen molar-refractivity contribution in [2.75, 3.05) is 5.32 Å². The molecule has 1 aromatic heterocycles. The largest absolute Gasteiger partial charge is 0.380 e. The van der Waals surface area contributed by atoms with Crippen molar-refractivity contribution in [2.24, 2.45) is 0 Å². The molecule has 0 aliphatic carbocycles. The van der Waals surface area contributed by atoms with Gasteiger partial charge in [-0.05, 0) is 44.4 Å². The number of halogens is 1. The van der Waals surface area contributed by atoms with Crippen LogP contribution in [0.2, 0.25) is 0 Å². The fourth-order valence-corrected chi connectivity index (χ4v) is 2.41. The zero-order chi connectivity index (χ0) is 12.3. The number of benzene rings is 1. The van der Waals surface area contributed by atoms with Crippen LogP contribution in [0.1, 0.15) is 5.56 Å². The minimum absolute atomic E-state index is 0.0843. The van der Waals surface area contributed by atoms with Crippen LogP contribution < -0.4 is 5.32 Å². The van der Waals surface area contributed by atoms with E-state index >= 15 is 0 Å². The maximum atomic E-state index is 10.7. The van der Waals surface area contributed by atoms with E-state index < -0.39 is 4.92 Å². The van der Waals surface area contributed by atoms with E-state index in [1.165, 1.54) is 12.1 Å². The average molecular weight is 313 g/mol. The van der Waals surface area contributed by atoms with Crippen molar-refractivity contribution in [3.8, 4) is 0 Å². The standard InChI is InChI=1S/C11H9BrN2O2S/c12-10-2-1-9(14(15)16)5-11(10)13-6-8-3-4-17-7-8/h1-5,7,13H,6H2. The van der Waals surface area contributed by atoms with Crippen LogP contribution in [0.4, 0.5) is 11.4 Å². The molecule has 1 aromatic carbocycles. The van der Waals surface area contributed by atoms with Gasteiger partial charge in [-0.25, -0.2) is 0 Å². The summed E-state index contributed by atoms with van der Waals surface area (Å²) in [6, 6.07) is 6.69. The molecule has 17 heavy (non-hydrogen) atoms. The second-order valence-electron chi connectivity index (χ2n) is 3.41. The molecular formula is C11H9BrN2O2S. The monoisotopic (exact) mass is 312 g/mol. The van der Waals surface area contributed by atoms with E-state index in [-0.39, 0.29) is 5.69 Å². The van der Waals surface area contributed by atoms with Gasteiger partial charge in [0.05, 0.1) is 10.6 Å². The van der Waals surface area contributed by atoms with Crippen molar-refractivity contribution in [3.63, 3.8) is 0 Å². The molecule has 1 N–H and O–H groups in total. The SMILES string of the molecule is O=[N+]([O-])c1ccc(Br)c(NCc2ccsc2)c1. The summed E-state index contributed by atoms with van der Waals surface area (Å²) < 4.78 is 0.818. The summed E-state index contributed by atoms with van der Waals surface area (Å²) in [5.41, 5.74) is 1.97. The zero-order valence-electron chi connectivity index (χ0n) is 8.72. The van der Waals surface area contributed by atoms with Crippen molar-refractivity contribution >= 4 is 38.6 Å². The number of hydrogen-bond acceptors (Lipinski definition) is 4. The van der Waals surface area contributed by atoms with Crippen LogP contribution >= 0.6 is 27.3 Å². The predicted molar refractivity (Wildman–Crippen MR) is 72.4 cm³/mol. The summed E-state index contributed by atoms with van der Waals surface area (Å²) >= 11 is 4.99. The lowest BCUT2D eigenvalue weighted by atomic mass is 10.2. The van der Waals surface area contributed by atoms with E-state index in [1.807, 2.05) is 16.8 Å². The first-order valence-electron chi connectivity index (χ1n) is 4.85. The van der Waals surface area contributed by atoms with Gasteiger partial charge >= 0.3 is 0 Å². The third-order valence-electron chi connectivity index (χ3n) is 2.22. The summed E-state index contributed by atoms with van der Waals surface area (Å²) in [6.45, 7) is 0.656. The van der Waals surface area contributed by atoms with Crippen molar-refractivity contribution in [1.82, 2.24) is 0 Å². The van der Waals surface area contributed by atoms with Crippen LogP contribution in [0.15, 0.2) is 39.5 Å². The zero-order valence-corrected chi connectivity index (χ0v) is 11.1. The molecule has 4 nitrogen and oxygen atoms in total. The van der Waals surface area contributed by atoms with Crippen molar-refractivity contribution < 1.29 is 4.92 Å². The van der Waals surface area contributed by atoms with Gasteiger partial charge in [-0.1, -0.05) is 0 Å². The van der Waals surface area contributed by atoms with Crippen LogP contribution in [0.5, 0.6) is 0 Å². The molecule has 0 unspecified atom stereocenters. The second-order valence-corrected chi connectivity index (χ2v) is 5.04. The lowest BCUT2D eigenvalue weighted by Crippen LogP contribution is -1.99. The number of nitro groups is 1. The van der Waals surface area contributed by atoms with Gasteiger partial charge in [0.15, 0.2) is 0 Å². The maximum Gasteiger partial charge on any atom is 0.271 e. The van der Waals surface area contributed by atoms with E-state index in [2.05, 4.69) is 21.2 Å². The Morgan fingerprint density at radius 1 is 1.41 bits per heavy atom. The van der Waals surface area contributed by atoms with Gasteiger partial charge in [0.25, 0.3) is 5.69 Å². The lowest BCUT2D eigenvalue weighted by Gasteiger charge is -2.07. The minimum Gasteiger partial charge on any atom is -0.380 e. The first-order valence-corrected chi connectivity index (χ1v) is 6.59. The molecule has 88 valence electrons. The summed E-state index contributed by atoms with van der Waals surface area (Å²) in [6.07, 6.45) is 0. The van der Waals surface area contributed by atoms with Gasteiger partial charge in [0.2, 0.25) is 0 Å². The highest BCUT2D eigenvalue weighted by atomic mass is 79.9. The van der Waals surface area contributed by atoms with Crippen LogP contribution in [0.3, 0.4) is 0 Å². The normalized spacial score (nSPS) is 10.2. The molecule has 2 aromatic rings. The number of nitrogens with one attached hydrogen (secondary N) is 1. The molecule has 0 aliphatic heterocycles. The molecule has 0 radical (unpaired) electrons. The van der Waals surface area contributed by atoms with E-state index in [1.54, 1.807) is 17.4 Å². The molecule has 0 bridgehead atoms. The van der Waals surface area contributed by atoms with Gasteiger partial charge < -0.3 is 5.32 Å². The molecule has 0 amide bonds. The first-order chi connectivity index (χ1) is 8.16. The van der Waals surface area contributed by atoms with Crippen LogP contribution in [0.25, 0.3) is 0 Å². The Balaban J connectivity index is 2.14. The van der Waals surface area contributed by atoms with Gasteiger partial charge in [-0.15, -0.1) is 0 Å². The molecule has 0 spiro atoms. The molecule has 0 saturated carbocycles. The lowest BCUT2D eigenvalue weighted by molar-refractivity contribution is -0.384. The highest BCUT2D eigenvalue weighted by molar-refractivity contribution is 9.10. The van der Waals surface area contributed by atoms with Crippen LogP contribution in [-0.2, 0) is 6.54 Å². The predicted octanol–water partition coefficient (Wildman–Crippen LogP) is 4.03. The number of thiophene rings is 1. The number of nitrogens with zero attached hydrogens (tertiary/aromatic N) is 1. The third-order valence-corrected chi connectivity index (χ3v) is 3.65. The summed E-state index contributed by atoms with van der Waals surface area (Å²) in [5.74, 6) is 0. The summed E-state index contributed by atoms with van der Waals surface area (Å²) in [5, 5.41) is 17.9. The van der Waals surface area contributed by atoms with Crippen LogP contribution in [0, 0.1) is 10.1 Å². The number of hydrogen-bond donors (Lipinski definition) is 1. The quantitative estimate of drug-likeness (QED) is 0.685. The second kappa shape index (κ2) is 5.29. The number of rotatable bonds is 4. The molecule has 0 atom stereocenters. The average Bonchev–Trinajstić information content (AvgIpc) is 2.80. The fourth-order valence-electron chi connectivity index (χ4n) is 1.35. The van der Waals surface area contributed by atoms with Gasteiger partial charge in [0, 0.05) is 23.2 Å². The number of nitro benzene ring substituents is 1. The first kappa shape index (κ1) is 12.1. The molecular weight excluding hydrogens is 304 g/mol. The van der Waals surface area contributed by atoms with Crippen molar-refractivity contribution in [2.45, 2.75) is 6.54 Å². The minimum atomic E-state index is -0.401. The van der Waals surface area contributed by atoms with Crippen LogP contribution in [-0.4, -0.2) is 4.92 Å². The van der Waals surface area contributed by atoms with E-state index in [0.717, 1.165) is 15.7 Å². The molecule has 2 rings (SSSR count). The van der Waals surface area contributed by atoms with E-state index in [0.29, 0.717) is 6.54 Å². The van der Waals surface area contributed by atoms with E-state index in [9.17, 15) is 10.1 Å². The molecule has 0 aliphatic rings. The number of anilines is 1. The van der Waals surface area contributed by atoms with Crippen molar-refractivity contribution in [3.05, 3.63) is 55.2 Å².